The molecular weight excluding hydrogens is 184 g/mol. The summed E-state index contributed by atoms with van der Waals surface area (Å²) in [5.41, 5.74) is 1.93. The van der Waals surface area contributed by atoms with Crippen LogP contribution in [0.3, 0.4) is 0 Å². The lowest BCUT2D eigenvalue weighted by Gasteiger charge is -2.31. The largest absolute Gasteiger partial charge is 0.458 e. The smallest absolute Gasteiger partial charge is 0.334 e. The van der Waals surface area contributed by atoms with E-state index < -0.39 is 5.79 Å². The molecule has 1 aliphatic carbocycles. The second kappa shape index (κ2) is 2.81. The average Bonchev–Trinajstić information content (AvgIpc) is 2.76. The number of hydrogen-bond donors (Lipinski definition) is 0. The highest BCUT2D eigenvalue weighted by Gasteiger charge is 2.44. The van der Waals surface area contributed by atoms with Crippen LogP contribution in [0.5, 0.6) is 0 Å². The van der Waals surface area contributed by atoms with Gasteiger partial charge in [0.1, 0.15) is 6.61 Å². The van der Waals surface area contributed by atoms with Gasteiger partial charge in [0.15, 0.2) is 5.79 Å². The van der Waals surface area contributed by atoms with Gasteiger partial charge in [0.25, 0.3) is 0 Å². The van der Waals surface area contributed by atoms with E-state index in [-0.39, 0.29) is 5.97 Å². The first kappa shape index (κ1) is 8.44. The molecule has 1 fully saturated rings. The van der Waals surface area contributed by atoms with Gasteiger partial charge in [-0.05, 0) is 12.0 Å². The van der Waals surface area contributed by atoms with Gasteiger partial charge in [0.2, 0.25) is 0 Å². The maximum atomic E-state index is 11.3. The van der Waals surface area contributed by atoms with Crippen molar-refractivity contribution < 1.29 is 19.0 Å². The van der Waals surface area contributed by atoms with E-state index in [1.54, 1.807) is 0 Å². The van der Waals surface area contributed by atoms with Crippen LogP contribution in [0.15, 0.2) is 11.1 Å². The third-order valence-corrected chi connectivity index (χ3v) is 3.10. The van der Waals surface area contributed by atoms with E-state index in [1.165, 1.54) is 0 Å². The Labute approximate surface area is 81.8 Å². The first-order chi connectivity index (χ1) is 6.79. The van der Waals surface area contributed by atoms with Crippen LogP contribution in [-0.2, 0) is 19.0 Å². The summed E-state index contributed by atoms with van der Waals surface area (Å²) in [5.74, 6) is -0.583. The van der Waals surface area contributed by atoms with E-state index in [4.69, 9.17) is 14.2 Å². The lowest BCUT2D eigenvalue weighted by atomic mass is 9.89. The molecule has 1 saturated heterocycles. The molecule has 2 aliphatic heterocycles. The van der Waals surface area contributed by atoms with Crippen molar-refractivity contribution in [2.24, 2.45) is 0 Å². The number of rotatable bonds is 0. The molecule has 3 aliphatic rings. The zero-order valence-corrected chi connectivity index (χ0v) is 7.88. The molecule has 0 aromatic carbocycles. The number of cyclic esters (lactones) is 1. The van der Waals surface area contributed by atoms with Gasteiger partial charge >= 0.3 is 5.97 Å². The molecule has 0 radical (unpaired) electrons. The fourth-order valence-electron chi connectivity index (χ4n) is 2.38. The first-order valence-corrected chi connectivity index (χ1v) is 4.95. The van der Waals surface area contributed by atoms with Gasteiger partial charge in [0, 0.05) is 18.4 Å². The van der Waals surface area contributed by atoms with Crippen molar-refractivity contribution in [3.63, 3.8) is 0 Å². The molecule has 4 heteroatoms. The molecular formula is C10H12O4. The molecule has 0 saturated carbocycles. The van der Waals surface area contributed by atoms with Gasteiger partial charge in [-0.25, -0.2) is 4.79 Å². The Morgan fingerprint density at radius 1 is 1.21 bits per heavy atom. The Bertz CT molecular complexity index is 312. The third kappa shape index (κ3) is 1.11. The molecule has 76 valence electrons. The summed E-state index contributed by atoms with van der Waals surface area (Å²) in [4.78, 5) is 11.3. The molecule has 0 amide bonds. The predicted molar refractivity (Wildman–Crippen MR) is 46.5 cm³/mol. The monoisotopic (exact) mass is 196 g/mol. The zero-order valence-electron chi connectivity index (χ0n) is 7.88. The van der Waals surface area contributed by atoms with Crippen molar-refractivity contribution in [2.75, 3.05) is 19.8 Å². The van der Waals surface area contributed by atoms with E-state index in [9.17, 15) is 4.79 Å². The standard InChI is InChI=1S/C10H12O4/c11-9-8-1-2-10(13-3-4-14-10)5-7(8)6-12-9/h1-6H2. The van der Waals surface area contributed by atoms with E-state index in [1.807, 2.05) is 0 Å². The molecule has 0 N–H and O–H groups in total. The van der Waals surface area contributed by atoms with Crippen molar-refractivity contribution in [3.8, 4) is 0 Å². The minimum absolute atomic E-state index is 0.146. The molecule has 0 unspecified atom stereocenters. The van der Waals surface area contributed by atoms with Crippen LogP contribution >= 0.6 is 0 Å². The lowest BCUT2D eigenvalue weighted by molar-refractivity contribution is -0.163. The molecule has 2 heterocycles. The van der Waals surface area contributed by atoms with Crippen LogP contribution in [0.1, 0.15) is 19.3 Å². The fraction of sp³-hybridized carbons (Fsp3) is 0.700. The van der Waals surface area contributed by atoms with Gasteiger partial charge in [-0.15, -0.1) is 0 Å². The summed E-state index contributed by atoms with van der Waals surface area (Å²) in [7, 11) is 0. The number of ether oxygens (including phenoxy) is 3. The number of carbonyl (C=O) groups is 1. The molecule has 0 aromatic heterocycles. The second-order valence-electron chi connectivity index (χ2n) is 3.94. The van der Waals surface area contributed by atoms with Gasteiger partial charge in [0.05, 0.1) is 13.2 Å². The van der Waals surface area contributed by atoms with Gasteiger partial charge in [-0.2, -0.15) is 0 Å². The Morgan fingerprint density at radius 2 is 2.00 bits per heavy atom. The summed E-state index contributed by atoms with van der Waals surface area (Å²) in [6.45, 7) is 1.76. The highest BCUT2D eigenvalue weighted by molar-refractivity contribution is 5.92. The molecule has 0 aromatic rings. The summed E-state index contributed by atoms with van der Waals surface area (Å²) >= 11 is 0. The maximum absolute atomic E-state index is 11.3. The minimum atomic E-state index is -0.438. The van der Waals surface area contributed by atoms with E-state index in [2.05, 4.69) is 0 Å². The van der Waals surface area contributed by atoms with Crippen molar-refractivity contribution in [1.29, 1.82) is 0 Å². The maximum Gasteiger partial charge on any atom is 0.334 e. The Morgan fingerprint density at radius 3 is 2.79 bits per heavy atom. The van der Waals surface area contributed by atoms with Crippen molar-refractivity contribution in [1.82, 2.24) is 0 Å². The number of esters is 1. The van der Waals surface area contributed by atoms with E-state index in [0.29, 0.717) is 26.2 Å². The fourth-order valence-corrected chi connectivity index (χ4v) is 2.38. The van der Waals surface area contributed by atoms with Gasteiger partial charge < -0.3 is 14.2 Å². The average molecular weight is 196 g/mol. The van der Waals surface area contributed by atoms with Crippen molar-refractivity contribution in [2.45, 2.75) is 25.0 Å². The second-order valence-corrected chi connectivity index (χ2v) is 3.94. The van der Waals surface area contributed by atoms with Gasteiger partial charge in [-0.1, -0.05) is 0 Å². The number of carbonyl (C=O) groups excluding carboxylic acids is 1. The number of hydrogen-bond acceptors (Lipinski definition) is 4. The van der Waals surface area contributed by atoms with Crippen LogP contribution in [-0.4, -0.2) is 31.6 Å². The van der Waals surface area contributed by atoms with Crippen LogP contribution in [0.25, 0.3) is 0 Å². The quantitative estimate of drug-likeness (QED) is 0.537. The molecule has 1 spiro atoms. The van der Waals surface area contributed by atoms with Crippen LogP contribution in [0.4, 0.5) is 0 Å². The molecule has 3 rings (SSSR count). The third-order valence-electron chi connectivity index (χ3n) is 3.10. The Kier molecular flexibility index (Phi) is 1.69. The molecule has 4 nitrogen and oxygen atoms in total. The molecule has 14 heavy (non-hydrogen) atoms. The van der Waals surface area contributed by atoms with Crippen LogP contribution in [0.2, 0.25) is 0 Å². The lowest BCUT2D eigenvalue weighted by Crippen LogP contribution is -2.33. The highest BCUT2D eigenvalue weighted by atomic mass is 16.7. The SMILES string of the molecule is O=C1OCC2=C1CCC1(C2)OCCO1. The van der Waals surface area contributed by atoms with E-state index in [0.717, 1.165) is 24.0 Å². The topological polar surface area (TPSA) is 44.8 Å². The summed E-state index contributed by atoms with van der Waals surface area (Å²) in [6, 6.07) is 0. The predicted octanol–water partition coefficient (Wildman–Crippen LogP) is 0.767. The minimum Gasteiger partial charge on any atom is -0.458 e. The van der Waals surface area contributed by atoms with Gasteiger partial charge in [-0.3, -0.25) is 0 Å². The summed E-state index contributed by atoms with van der Waals surface area (Å²) in [6.07, 6.45) is 2.21. The highest BCUT2D eigenvalue weighted by Crippen LogP contribution is 2.41. The van der Waals surface area contributed by atoms with Crippen molar-refractivity contribution in [3.05, 3.63) is 11.1 Å². The zero-order chi connectivity index (χ0) is 9.60. The molecule has 0 atom stereocenters. The van der Waals surface area contributed by atoms with Crippen LogP contribution < -0.4 is 0 Å². The molecule has 0 bridgehead atoms. The summed E-state index contributed by atoms with van der Waals surface area (Å²) in [5, 5.41) is 0. The van der Waals surface area contributed by atoms with E-state index >= 15 is 0 Å². The Hall–Kier alpha value is -0.870. The normalized spacial score (nSPS) is 29.6. The van der Waals surface area contributed by atoms with Crippen LogP contribution in [0, 0.1) is 0 Å². The van der Waals surface area contributed by atoms with Crippen molar-refractivity contribution >= 4 is 5.97 Å². The first-order valence-electron chi connectivity index (χ1n) is 4.95. The Balaban J connectivity index is 1.86. The summed E-state index contributed by atoms with van der Waals surface area (Å²) < 4.78 is 16.2.